The Morgan fingerprint density at radius 3 is 1.93 bits per heavy atom. The Morgan fingerprint density at radius 2 is 1.50 bits per heavy atom. The zero-order valence-electron chi connectivity index (χ0n) is 18.8. The molecule has 0 unspecified atom stereocenters. The van der Waals surface area contributed by atoms with Gasteiger partial charge in [-0.3, -0.25) is 4.90 Å². The molecule has 1 aromatic rings. The number of nitrogens with one attached hydrogen (secondary N) is 1. The first kappa shape index (κ1) is 29.3. The normalized spacial score (nSPS) is 17.1. The van der Waals surface area contributed by atoms with Crippen molar-refractivity contribution in [3.8, 4) is 5.75 Å². The molecule has 176 valence electrons. The van der Waals surface area contributed by atoms with Crippen molar-refractivity contribution >= 4 is 24.8 Å². The first-order chi connectivity index (χ1) is 12.7. The van der Waals surface area contributed by atoms with Crippen LogP contribution in [0.3, 0.4) is 0 Å². The summed E-state index contributed by atoms with van der Waals surface area (Å²) in [5.41, 5.74) is 1.99. The molecular weight excluding hydrogens is 436 g/mol. The number of rotatable bonds is 4. The summed E-state index contributed by atoms with van der Waals surface area (Å²) in [5.74, 6) is 0.145. The van der Waals surface area contributed by atoms with Gasteiger partial charge in [0.25, 0.3) is 0 Å². The highest BCUT2D eigenvalue weighted by Crippen LogP contribution is 2.43. The highest BCUT2D eigenvalue weighted by molar-refractivity contribution is 5.85. The van der Waals surface area contributed by atoms with Crippen LogP contribution in [0.25, 0.3) is 0 Å². The topological polar surface area (TPSA) is 35.5 Å². The number of aromatic hydroxyl groups is 1. The molecule has 3 nitrogen and oxygen atoms in total. The average Bonchev–Trinajstić information content (AvgIpc) is 2.54. The quantitative estimate of drug-likeness (QED) is 0.553. The Balaban J connectivity index is 0.00000420. The number of hydrogen-bond acceptors (Lipinski definition) is 3. The van der Waals surface area contributed by atoms with Gasteiger partial charge < -0.3 is 10.4 Å². The summed E-state index contributed by atoms with van der Waals surface area (Å²) in [6.07, 6.45) is -5.11. The Bertz CT molecular complexity index is 677. The number of nitrogens with zero attached hydrogens (tertiary/aromatic N) is 1. The molecule has 1 aromatic carbocycles. The Morgan fingerprint density at radius 1 is 0.967 bits per heavy atom. The van der Waals surface area contributed by atoms with Crippen LogP contribution in [-0.2, 0) is 10.8 Å². The average molecular weight is 473 g/mol. The van der Waals surface area contributed by atoms with E-state index in [0.29, 0.717) is 18.7 Å². The van der Waals surface area contributed by atoms with Crippen molar-refractivity contribution in [2.75, 3.05) is 26.2 Å². The number of halogens is 5. The van der Waals surface area contributed by atoms with Crippen LogP contribution in [0.15, 0.2) is 12.1 Å². The fourth-order valence-electron chi connectivity index (χ4n) is 3.74. The van der Waals surface area contributed by atoms with E-state index >= 15 is 0 Å². The molecule has 30 heavy (non-hydrogen) atoms. The van der Waals surface area contributed by atoms with Crippen LogP contribution in [0.1, 0.15) is 77.1 Å². The largest absolute Gasteiger partial charge is 0.507 e. The lowest BCUT2D eigenvalue weighted by Gasteiger charge is -2.37. The van der Waals surface area contributed by atoms with Crippen molar-refractivity contribution in [3.63, 3.8) is 0 Å². The molecule has 0 amide bonds. The second kappa shape index (κ2) is 10.8. The van der Waals surface area contributed by atoms with Crippen LogP contribution in [0, 0.1) is 0 Å². The van der Waals surface area contributed by atoms with E-state index in [1.54, 1.807) is 0 Å². The molecule has 1 atom stereocenters. The van der Waals surface area contributed by atoms with Gasteiger partial charge in [0, 0.05) is 44.2 Å². The van der Waals surface area contributed by atoms with Gasteiger partial charge in [-0.2, -0.15) is 13.2 Å². The lowest BCUT2D eigenvalue weighted by molar-refractivity contribution is -0.138. The second-order valence-corrected chi connectivity index (χ2v) is 9.92. The molecule has 1 fully saturated rings. The Hall–Kier alpha value is -0.690. The van der Waals surface area contributed by atoms with Gasteiger partial charge in [0.05, 0.1) is 0 Å². The van der Waals surface area contributed by atoms with E-state index in [1.807, 2.05) is 32.9 Å². The third-order valence-corrected chi connectivity index (χ3v) is 5.47. The van der Waals surface area contributed by atoms with E-state index in [2.05, 4.69) is 31.0 Å². The van der Waals surface area contributed by atoms with Gasteiger partial charge in [-0.05, 0) is 34.4 Å². The van der Waals surface area contributed by atoms with E-state index in [-0.39, 0.29) is 47.8 Å². The van der Waals surface area contributed by atoms with Gasteiger partial charge in [-0.25, -0.2) is 0 Å². The highest BCUT2D eigenvalue weighted by atomic mass is 35.5. The van der Waals surface area contributed by atoms with E-state index in [1.165, 1.54) is 0 Å². The summed E-state index contributed by atoms with van der Waals surface area (Å²) in [6, 6.07) is 3.48. The van der Waals surface area contributed by atoms with E-state index in [4.69, 9.17) is 0 Å². The summed E-state index contributed by atoms with van der Waals surface area (Å²) in [7, 11) is 0. The minimum Gasteiger partial charge on any atom is -0.507 e. The monoisotopic (exact) mass is 472 g/mol. The summed E-state index contributed by atoms with van der Waals surface area (Å²) in [6.45, 7) is 15.2. The first-order valence-corrected chi connectivity index (χ1v) is 10.1. The van der Waals surface area contributed by atoms with Gasteiger partial charge in [-0.1, -0.05) is 47.6 Å². The van der Waals surface area contributed by atoms with Gasteiger partial charge in [0.15, 0.2) is 0 Å². The van der Waals surface area contributed by atoms with Crippen molar-refractivity contribution < 1.29 is 18.3 Å². The van der Waals surface area contributed by atoms with Gasteiger partial charge in [0.1, 0.15) is 5.75 Å². The Labute approximate surface area is 191 Å². The minimum atomic E-state index is -4.21. The summed E-state index contributed by atoms with van der Waals surface area (Å²) >= 11 is 0. The zero-order chi connectivity index (χ0) is 21.3. The predicted molar refractivity (Wildman–Crippen MR) is 122 cm³/mol. The van der Waals surface area contributed by atoms with Gasteiger partial charge in [-0.15, -0.1) is 24.8 Å². The maximum absolute atomic E-state index is 13.0. The van der Waals surface area contributed by atoms with Crippen molar-refractivity contribution in [3.05, 3.63) is 28.8 Å². The molecule has 2 rings (SSSR count). The van der Waals surface area contributed by atoms with Crippen LogP contribution in [0.5, 0.6) is 5.75 Å². The molecule has 1 aliphatic heterocycles. The molecule has 1 saturated heterocycles. The zero-order valence-corrected chi connectivity index (χ0v) is 20.5. The van der Waals surface area contributed by atoms with Crippen molar-refractivity contribution in [2.45, 2.75) is 77.4 Å². The molecule has 0 aliphatic carbocycles. The number of benzene rings is 1. The number of alkyl halides is 3. The van der Waals surface area contributed by atoms with Crippen LogP contribution in [-0.4, -0.2) is 42.4 Å². The van der Waals surface area contributed by atoms with Crippen molar-refractivity contribution in [1.82, 2.24) is 10.2 Å². The number of phenolic OH excluding ortho intramolecular Hbond substituents is 1. The van der Waals surface area contributed by atoms with Crippen molar-refractivity contribution in [1.29, 1.82) is 0 Å². The molecular formula is C22H37Cl2F3N2O. The molecule has 0 radical (unpaired) electrons. The van der Waals surface area contributed by atoms with E-state index in [0.717, 1.165) is 24.2 Å². The SMILES string of the molecule is CC(C)(C)c1cc([C@H](CCC(F)(F)F)N2CCNCC2)c(O)c(C(C)(C)C)c1.Cl.Cl. The summed E-state index contributed by atoms with van der Waals surface area (Å²) < 4.78 is 39.1. The maximum atomic E-state index is 13.0. The number of piperazine rings is 1. The summed E-state index contributed by atoms with van der Waals surface area (Å²) in [4.78, 5) is 2.08. The molecule has 0 spiro atoms. The third kappa shape index (κ3) is 7.77. The lowest BCUT2D eigenvalue weighted by atomic mass is 9.77. The standard InChI is InChI=1S/C22H35F3N2O.2ClH/c1-20(2,3)15-13-16(19(28)17(14-15)21(4,5)6)18(7-8-22(23,24)25)27-11-9-26-10-12-27;;/h13-14,18,26,28H,7-12H2,1-6H3;2*1H/t18-;;/m0../s1. The van der Waals surface area contributed by atoms with Crippen LogP contribution < -0.4 is 5.32 Å². The van der Waals surface area contributed by atoms with Crippen LogP contribution >= 0.6 is 24.8 Å². The molecule has 0 saturated carbocycles. The number of phenols is 1. The van der Waals surface area contributed by atoms with Crippen LogP contribution in [0.4, 0.5) is 13.2 Å². The van der Waals surface area contributed by atoms with Crippen LogP contribution in [0.2, 0.25) is 0 Å². The smallest absolute Gasteiger partial charge is 0.389 e. The predicted octanol–water partition coefficient (Wildman–Crippen LogP) is 6.12. The Kier molecular flexibility index (Phi) is 10.5. The fourth-order valence-corrected chi connectivity index (χ4v) is 3.74. The van der Waals surface area contributed by atoms with Gasteiger partial charge >= 0.3 is 6.18 Å². The second-order valence-electron chi connectivity index (χ2n) is 9.92. The highest BCUT2D eigenvalue weighted by Gasteiger charge is 2.34. The third-order valence-electron chi connectivity index (χ3n) is 5.47. The molecule has 2 N–H and O–H groups in total. The first-order valence-electron chi connectivity index (χ1n) is 10.1. The summed E-state index contributed by atoms with van der Waals surface area (Å²) in [5, 5.41) is 14.4. The maximum Gasteiger partial charge on any atom is 0.389 e. The minimum absolute atomic E-state index is 0. The molecule has 1 aliphatic rings. The lowest BCUT2D eigenvalue weighted by Crippen LogP contribution is -2.45. The van der Waals surface area contributed by atoms with E-state index in [9.17, 15) is 18.3 Å². The van der Waals surface area contributed by atoms with Gasteiger partial charge in [0.2, 0.25) is 0 Å². The fraction of sp³-hybridized carbons (Fsp3) is 0.727. The number of hydrogen-bond donors (Lipinski definition) is 2. The van der Waals surface area contributed by atoms with Crippen molar-refractivity contribution in [2.24, 2.45) is 0 Å². The molecule has 8 heteroatoms. The molecule has 0 aromatic heterocycles. The van der Waals surface area contributed by atoms with E-state index < -0.39 is 18.6 Å². The molecule has 1 heterocycles. The molecule has 0 bridgehead atoms.